The average molecular weight is 375 g/mol. The second-order valence-electron chi connectivity index (χ2n) is 5.45. The Kier molecular flexibility index (Phi) is 5.57. The van der Waals surface area contributed by atoms with Crippen LogP contribution in [0.1, 0.15) is 55.6 Å². The summed E-state index contributed by atoms with van der Waals surface area (Å²) < 4.78 is 33.5. The van der Waals surface area contributed by atoms with Crippen LogP contribution in [0.25, 0.3) is 0 Å². The first-order chi connectivity index (χ1) is 9.95. The molecule has 1 N–H and O–H groups in total. The van der Waals surface area contributed by atoms with Crippen LogP contribution in [-0.4, -0.2) is 19.3 Å². The number of benzene rings is 1. The first-order valence-electron chi connectivity index (χ1n) is 7.17. The Morgan fingerprint density at radius 3 is 2.48 bits per heavy atom. The van der Waals surface area contributed by atoms with Gasteiger partial charge in [0.2, 0.25) is 0 Å². The predicted octanol–water partition coefficient (Wildman–Crippen LogP) is 3.88. The van der Waals surface area contributed by atoms with E-state index < -0.39 is 10.1 Å². The average Bonchev–Trinajstić information content (AvgIpc) is 2.44. The molecular formula is C15H19BrO4S. The summed E-state index contributed by atoms with van der Waals surface area (Å²) in [6.07, 6.45) is 6.85. The van der Waals surface area contributed by atoms with Crippen molar-refractivity contribution in [1.82, 2.24) is 0 Å². The van der Waals surface area contributed by atoms with E-state index in [2.05, 4.69) is 15.9 Å². The summed E-state index contributed by atoms with van der Waals surface area (Å²) in [5.74, 6) is 0.288. The van der Waals surface area contributed by atoms with Gasteiger partial charge < -0.3 is 4.79 Å². The Morgan fingerprint density at radius 1 is 1.24 bits per heavy atom. The Morgan fingerprint density at radius 2 is 1.90 bits per heavy atom. The molecule has 0 amide bonds. The monoisotopic (exact) mass is 374 g/mol. The quantitative estimate of drug-likeness (QED) is 0.626. The molecule has 0 atom stereocenters. The van der Waals surface area contributed by atoms with Crippen molar-refractivity contribution in [1.29, 1.82) is 0 Å². The van der Waals surface area contributed by atoms with Gasteiger partial charge in [-0.2, -0.15) is 8.42 Å². The van der Waals surface area contributed by atoms with E-state index >= 15 is 0 Å². The smallest absolute Gasteiger partial charge is 0.294 e. The van der Waals surface area contributed by atoms with Gasteiger partial charge in [-0.15, -0.1) is 0 Å². The van der Waals surface area contributed by atoms with Crippen LogP contribution in [0.2, 0.25) is 0 Å². The summed E-state index contributed by atoms with van der Waals surface area (Å²) in [5.41, 5.74) is 1.54. The highest BCUT2D eigenvalue weighted by Gasteiger charge is 2.26. The molecule has 0 spiro atoms. The van der Waals surface area contributed by atoms with E-state index in [9.17, 15) is 17.8 Å². The molecule has 6 heteroatoms. The number of aldehydes is 1. The number of halogens is 1. The zero-order valence-corrected chi connectivity index (χ0v) is 14.1. The SMILES string of the molecule is O=CCCc1c(S(=O)(=O)O)ccc(Br)c1C1CCCCC1. The van der Waals surface area contributed by atoms with Crippen molar-refractivity contribution < 1.29 is 17.8 Å². The summed E-state index contributed by atoms with van der Waals surface area (Å²) in [6, 6.07) is 3.09. The molecule has 1 aliphatic rings. The normalized spacial score (nSPS) is 16.9. The molecule has 0 saturated heterocycles. The molecule has 0 bridgehead atoms. The molecule has 116 valence electrons. The molecule has 1 aromatic rings. The molecule has 0 aliphatic heterocycles. The third kappa shape index (κ3) is 3.93. The molecule has 21 heavy (non-hydrogen) atoms. The van der Waals surface area contributed by atoms with E-state index in [-0.39, 0.29) is 17.2 Å². The van der Waals surface area contributed by atoms with Crippen LogP contribution < -0.4 is 0 Å². The Hall–Kier alpha value is -0.720. The van der Waals surface area contributed by atoms with Crippen molar-refractivity contribution in [3.63, 3.8) is 0 Å². The molecule has 0 unspecified atom stereocenters. The highest BCUT2D eigenvalue weighted by atomic mass is 79.9. The van der Waals surface area contributed by atoms with Gasteiger partial charge in [-0.05, 0) is 48.4 Å². The van der Waals surface area contributed by atoms with E-state index in [0.717, 1.165) is 42.0 Å². The van der Waals surface area contributed by atoms with Crippen molar-refractivity contribution >= 4 is 32.3 Å². The first-order valence-corrected chi connectivity index (χ1v) is 9.41. The van der Waals surface area contributed by atoms with Gasteiger partial charge in [0.25, 0.3) is 10.1 Å². The molecule has 0 heterocycles. The minimum atomic E-state index is -4.28. The van der Waals surface area contributed by atoms with Crippen molar-refractivity contribution in [3.05, 3.63) is 27.7 Å². The van der Waals surface area contributed by atoms with Gasteiger partial charge in [-0.3, -0.25) is 4.55 Å². The van der Waals surface area contributed by atoms with E-state index in [1.165, 1.54) is 12.5 Å². The van der Waals surface area contributed by atoms with Gasteiger partial charge in [0, 0.05) is 10.9 Å². The van der Waals surface area contributed by atoms with Crippen LogP contribution in [0.15, 0.2) is 21.5 Å². The first kappa shape index (κ1) is 16.6. The second kappa shape index (κ2) is 7.03. The Bertz CT molecular complexity index is 619. The fraction of sp³-hybridized carbons (Fsp3) is 0.533. The number of hydrogen-bond acceptors (Lipinski definition) is 3. The lowest BCUT2D eigenvalue weighted by atomic mass is 9.81. The van der Waals surface area contributed by atoms with Crippen LogP contribution in [0.3, 0.4) is 0 Å². The van der Waals surface area contributed by atoms with Gasteiger partial charge >= 0.3 is 0 Å². The van der Waals surface area contributed by atoms with Crippen LogP contribution in [0.4, 0.5) is 0 Å². The summed E-state index contributed by atoms with van der Waals surface area (Å²) in [7, 11) is -4.28. The molecule has 0 radical (unpaired) electrons. The molecule has 4 nitrogen and oxygen atoms in total. The maximum Gasteiger partial charge on any atom is 0.294 e. The molecule has 1 fully saturated rings. The minimum Gasteiger partial charge on any atom is -0.303 e. The molecule has 1 saturated carbocycles. The van der Waals surface area contributed by atoms with Crippen LogP contribution >= 0.6 is 15.9 Å². The zero-order chi connectivity index (χ0) is 15.5. The zero-order valence-electron chi connectivity index (χ0n) is 11.7. The molecule has 0 aromatic heterocycles. The topological polar surface area (TPSA) is 71.4 Å². The number of carbonyl (C=O) groups is 1. The number of rotatable bonds is 5. The Balaban J connectivity index is 2.56. The molecular weight excluding hydrogens is 356 g/mol. The maximum atomic E-state index is 11.6. The fourth-order valence-electron chi connectivity index (χ4n) is 3.15. The highest BCUT2D eigenvalue weighted by Crippen LogP contribution is 2.40. The van der Waals surface area contributed by atoms with E-state index in [1.54, 1.807) is 6.07 Å². The third-order valence-electron chi connectivity index (χ3n) is 4.06. The molecule has 1 aliphatic carbocycles. The number of hydrogen-bond donors (Lipinski definition) is 1. The predicted molar refractivity (Wildman–Crippen MR) is 84.2 cm³/mol. The van der Waals surface area contributed by atoms with E-state index in [4.69, 9.17) is 0 Å². The largest absolute Gasteiger partial charge is 0.303 e. The lowest BCUT2D eigenvalue weighted by molar-refractivity contribution is -0.107. The minimum absolute atomic E-state index is 0.0619. The van der Waals surface area contributed by atoms with Crippen LogP contribution in [-0.2, 0) is 21.3 Å². The van der Waals surface area contributed by atoms with Crippen LogP contribution in [0, 0.1) is 0 Å². The second-order valence-corrected chi connectivity index (χ2v) is 7.70. The van der Waals surface area contributed by atoms with Crippen LogP contribution in [0.5, 0.6) is 0 Å². The lowest BCUT2D eigenvalue weighted by Gasteiger charge is -2.26. The van der Waals surface area contributed by atoms with Gasteiger partial charge in [-0.25, -0.2) is 0 Å². The molecule has 2 rings (SSSR count). The van der Waals surface area contributed by atoms with Crippen molar-refractivity contribution in [2.75, 3.05) is 0 Å². The van der Waals surface area contributed by atoms with Crippen molar-refractivity contribution in [3.8, 4) is 0 Å². The van der Waals surface area contributed by atoms with E-state index in [0.29, 0.717) is 12.0 Å². The lowest BCUT2D eigenvalue weighted by Crippen LogP contribution is -2.13. The summed E-state index contributed by atoms with van der Waals surface area (Å²) in [4.78, 5) is 10.6. The highest BCUT2D eigenvalue weighted by molar-refractivity contribution is 9.10. The maximum absolute atomic E-state index is 11.6. The summed E-state index contributed by atoms with van der Waals surface area (Å²) >= 11 is 3.51. The standard InChI is InChI=1S/C15H19BrO4S/c16-13-8-9-14(21(18,19)20)12(7-4-10-17)15(13)11-5-2-1-3-6-11/h8-11H,1-7H2,(H,18,19,20). The van der Waals surface area contributed by atoms with Gasteiger partial charge in [0.15, 0.2) is 0 Å². The van der Waals surface area contributed by atoms with Crippen molar-refractivity contribution in [2.45, 2.75) is 55.8 Å². The van der Waals surface area contributed by atoms with Gasteiger partial charge in [0.05, 0.1) is 4.90 Å². The van der Waals surface area contributed by atoms with Crippen molar-refractivity contribution in [2.24, 2.45) is 0 Å². The van der Waals surface area contributed by atoms with E-state index in [1.807, 2.05) is 0 Å². The molecule has 1 aromatic carbocycles. The summed E-state index contributed by atoms with van der Waals surface area (Å²) in [6.45, 7) is 0. The third-order valence-corrected chi connectivity index (χ3v) is 5.69. The summed E-state index contributed by atoms with van der Waals surface area (Å²) in [5, 5.41) is 0. The fourth-order valence-corrected chi connectivity index (χ4v) is 4.61. The van der Waals surface area contributed by atoms with Gasteiger partial charge in [-0.1, -0.05) is 35.2 Å². The van der Waals surface area contributed by atoms with Gasteiger partial charge in [0.1, 0.15) is 6.29 Å². The Labute approximate surface area is 133 Å². The number of carbonyl (C=O) groups excluding carboxylic acids is 1.